The van der Waals surface area contributed by atoms with Crippen molar-refractivity contribution in [1.29, 1.82) is 0 Å². The van der Waals surface area contributed by atoms with E-state index in [1.54, 1.807) is 12.4 Å². The van der Waals surface area contributed by atoms with E-state index < -0.39 is 11.7 Å². The number of nitrogens with zero attached hydrogens (tertiary/aromatic N) is 2. The van der Waals surface area contributed by atoms with Crippen LogP contribution in [0.25, 0.3) is 33.3 Å². The van der Waals surface area contributed by atoms with Crippen molar-refractivity contribution in [3.8, 4) is 11.3 Å². The molecule has 4 rings (SSSR count). The van der Waals surface area contributed by atoms with Gasteiger partial charge in [-0.15, -0.1) is 0 Å². The van der Waals surface area contributed by atoms with Crippen molar-refractivity contribution in [1.82, 2.24) is 9.55 Å². The van der Waals surface area contributed by atoms with Crippen molar-refractivity contribution < 1.29 is 13.9 Å². The molecule has 0 N–H and O–H groups in total. The van der Waals surface area contributed by atoms with Gasteiger partial charge >= 0.3 is 6.09 Å². The molecule has 5 heteroatoms. The molecule has 0 aliphatic carbocycles. The molecule has 0 spiro atoms. The molecule has 0 radical (unpaired) electrons. The van der Waals surface area contributed by atoms with Crippen LogP contribution in [0.5, 0.6) is 0 Å². The maximum Gasteiger partial charge on any atom is 0.420 e. The number of furan rings is 1. The van der Waals surface area contributed by atoms with Gasteiger partial charge in [0.1, 0.15) is 22.6 Å². The standard InChI is InChI=1S/C20H18N2O3.C3H8/c1-20(2,3)25-19(23)22-12-15(14-8-6-10-21-18(14)22)17-11-13-7-4-5-9-16(13)24-17;1-3-2/h4-12H,1-3H3;3H2,1-2H3. The Hall–Kier alpha value is -3.08. The number of pyridine rings is 1. The lowest BCUT2D eigenvalue weighted by molar-refractivity contribution is 0.0544. The van der Waals surface area contributed by atoms with E-state index in [4.69, 9.17) is 9.15 Å². The highest BCUT2D eigenvalue weighted by atomic mass is 16.6. The average Bonchev–Trinajstić information content (AvgIpc) is 3.22. The molecule has 0 bridgehead atoms. The molecule has 0 fully saturated rings. The summed E-state index contributed by atoms with van der Waals surface area (Å²) in [5, 5.41) is 1.85. The molecule has 0 unspecified atom stereocenters. The quantitative estimate of drug-likeness (QED) is 0.372. The predicted octanol–water partition coefficient (Wildman–Crippen LogP) is 6.65. The second kappa shape index (κ2) is 7.89. The summed E-state index contributed by atoms with van der Waals surface area (Å²) >= 11 is 0. The van der Waals surface area contributed by atoms with E-state index in [-0.39, 0.29) is 0 Å². The zero-order valence-corrected chi connectivity index (χ0v) is 17.0. The molecular formula is C23H26N2O3. The number of rotatable bonds is 1. The van der Waals surface area contributed by atoms with E-state index >= 15 is 0 Å². The third-order valence-electron chi connectivity index (χ3n) is 3.84. The third-order valence-corrected chi connectivity index (χ3v) is 3.84. The zero-order chi connectivity index (χ0) is 20.3. The zero-order valence-electron chi connectivity index (χ0n) is 17.0. The maximum atomic E-state index is 12.6. The first kappa shape index (κ1) is 19.7. The smallest absolute Gasteiger partial charge is 0.420 e. The maximum absolute atomic E-state index is 12.6. The molecule has 3 heterocycles. The van der Waals surface area contributed by atoms with Gasteiger partial charge in [0.2, 0.25) is 0 Å². The Balaban J connectivity index is 0.000000706. The van der Waals surface area contributed by atoms with E-state index in [0.717, 1.165) is 21.9 Å². The number of carbonyl (C=O) groups excluding carboxylic acids is 1. The van der Waals surface area contributed by atoms with Crippen molar-refractivity contribution in [2.45, 2.75) is 46.6 Å². The molecule has 4 aromatic rings. The summed E-state index contributed by atoms with van der Waals surface area (Å²) < 4.78 is 12.9. The lowest BCUT2D eigenvalue weighted by Crippen LogP contribution is -2.26. The lowest BCUT2D eigenvalue weighted by atomic mass is 10.1. The fourth-order valence-electron chi connectivity index (χ4n) is 2.82. The number of benzene rings is 1. The van der Waals surface area contributed by atoms with Crippen LogP contribution in [0.15, 0.2) is 59.3 Å². The van der Waals surface area contributed by atoms with Gasteiger partial charge in [-0.1, -0.05) is 38.5 Å². The number of carbonyl (C=O) groups is 1. The van der Waals surface area contributed by atoms with E-state index in [9.17, 15) is 4.79 Å². The largest absolute Gasteiger partial charge is 0.456 e. The summed E-state index contributed by atoms with van der Waals surface area (Å²) in [6.07, 6.45) is 4.17. The van der Waals surface area contributed by atoms with E-state index in [1.165, 1.54) is 11.0 Å². The summed E-state index contributed by atoms with van der Waals surface area (Å²) in [6, 6.07) is 13.5. The summed E-state index contributed by atoms with van der Waals surface area (Å²) in [6.45, 7) is 9.76. The normalized spacial score (nSPS) is 11.3. The predicted molar refractivity (Wildman–Crippen MR) is 113 cm³/mol. The van der Waals surface area contributed by atoms with Crippen LogP contribution in [0.3, 0.4) is 0 Å². The number of para-hydroxylation sites is 1. The second-order valence-corrected chi connectivity index (χ2v) is 7.62. The molecule has 0 saturated heterocycles. The highest BCUT2D eigenvalue weighted by molar-refractivity contribution is 5.99. The van der Waals surface area contributed by atoms with Crippen LogP contribution < -0.4 is 0 Å². The van der Waals surface area contributed by atoms with Crippen LogP contribution in [0, 0.1) is 0 Å². The van der Waals surface area contributed by atoms with Crippen molar-refractivity contribution in [3.63, 3.8) is 0 Å². The molecule has 0 aliphatic rings. The van der Waals surface area contributed by atoms with Gasteiger partial charge in [0.05, 0.1) is 0 Å². The Morgan fingerprint density at radius 3 is 2.54 bits per heavy atom. The summed E-state index contributed by atoms with van der Waals surface area (Å²) in [5.41, 5.74) is 1.58. The molecule has 0 saturated carbocycles. The van der Waals surface area contributed by atoms with Gasteiger partial charge in [0.25, 0.3) is 0 Å². The van der Waals surface area contributed by atoms with E-state index in [0.29, 0.717) is 11.4 Å². The van der Waals surface area contributed by atoms with Crippen LogP contribution in [0.1, 0.15) is 41.0 Å². The minimum absolute atomic E-state index is 0.460. The minimum atomic E-state index is -0.581. The van der Waals surface area contributed by atoms with Crippen LogP contribution in [0.2, 0.25) is 0 Å². The molecule has 5 nitrogen and oxygen atoms in total. The fourth-order valence-corrected chi connectivity index (χ4v) is 2.82. The molecule has 28 heavy (non-hydrogen) atoms. The van der Waals surface area contributed by atoms with Crippen molar-refractivity contribution in [2.24, 2.45) is 0 Å². The molecule has 0 amide bonds. The number of ether oxygens (including phenoxy) is 1. The van der Waals surface area contributed by atoms with Gasteiger partial charge in [-0.25, -0.2) is 14.3 Å². The van der Waals surface area contributed by atoms with Crippen LogP contribution in [0.4, 0.5) is 4.79 Å². The van der Waals surface area contributed by atoms with Crippen molar-refractivity contribution in [2.75, 3.05) is 0 Å². The second-order valence-electron chi connectivity index (χ2n) is 7.62. The number of hydrogen-bond donors (Lipinski definition) is 0. The molecular weight excluding hydrogens is 352 g/mol. The molecule has 3 aromatic heterocycles. The van der Waals surface area contributed by atoms with Gasteiger partial charge < -0.3 is 9.15 Å². The SMILES string of the molecule is CC(C)(C)OC(=O)n1cc(-c2cc3ccccc3o2)c2cccnc21.CCC. The lowest BCUT2D eigenvalue weighted by Gasteiger charge is -2.19. The Labute approximate surface area is 164 Å². The Kier molecular flexibility index (Phi) is 5.54. The summed E-state index contributed by atoms with van der Waals surface area (Å²) in [5.74, 6) is 0.696. The van der Waals surface area contributed by atoms with Crippen molar-refractivity contribution in [3.05, 3.63) is 54.9 Å². The third kappa shape index (κ3) is 4.09. The van der Waals surface area contributed by atoms with E-state index in [2.05, 4.69) is 18.8 Å². The van der Waals surface area contributed by atoms with Gasteiger partial charge in [0, 0.05) is 28.7 Å². The topological polar surface area (TPSA) is 57.3 Å². The summed E-state index contributed by atoms with van der Waals surface area (Å²) in [4.78, 5) is 16.9. The Morgan fingerprint density at radius 2 is 1.86 bits per heavy atom. The minimum Gasteiger partial charge on any atom is -0.456 e. The van der Waals surface area contributed by atoms with E-state index in [1.807, 2.05) is 63.2 Å². The molecule has 0 atom stereocenters. The highest BCUT2D eigenvalue weighted by Gasteiger charge is 2.22. The monoisotopic (exact) mass is 378 g/mol. The van der Waals surface area contributed by atoms with Gasteiger partial charge in [0.15, 0.2) is 0 Å². The fraction of sp³-hybridized carbons (Fsp3) is 0.304. The van der Waals surface area contributed by atoms with Gasteiger partial charge in [-0.3, -0.25) is 0 Å². The number of aromatic nitrogens is 2. The van der Waals surface area contributed by atoms with Crippen LogP contribution in [-0.4, -0.2) is 21.2 Å². The first-order chi connectivity index (χ1) is 13.3. The number of hydrogen-bond acceptors (Lipinski definition) is 4. The first-order valence-electron chi connectivity index (χ1n) is 9.52. The molecule has 1 aromatic carbocycles. The molecule has 146 valence electrons. The average molecular weight is 378 g/mol. The van der Waals surface area contributed by atoms with Gasteiger partial charge in [-0.05, 0) is 45.0 Å². The van der Waals surface area contributed by atoms with Gasteiger partial charge in [-0.2, -0.15) is 0 Å². The highest BCUT2D eigenvalue weighted by Crippen LogP contribution is 2.34. The Bertz CT molecular complexity index is 1070. The first-order valence-corrected chi connectivity index (χ1v) is 9.52. The Morgan fingerprint density at radius 1 is 1.14 bits per heavy atom. The van der Waals surface area contributed by atoms with Crippen LogP contribution >= 0.6 is 0 Å². The van der Waals surface area contributed by atoms with Crippen LogP contribution in [-0.2, 0) is 4.74 Å². The molecule has 0 aliphatic heterocycles. The number of fused-ring (bicyclic) bond motifs is 2. The summed E-state index contributed by atoms with van der Waals surface area (Å²) in [7, 11) is 0. The van der Waals surface area contributed by atoms with Crippen molar-refractivity contribution >= 4 is 28.1 Å².